The molecule has 94 valence electrons. The second kappa shape index (κ2) is 4.01. The standard InChI is InChI=1S/C11H14O6/c12-8(13)7(9(14)15)6-5-11(17-10(6)16)3-1-2-4-11/h6-7H,1-5H2,(H,12,13)(H,14,15). The van der Waals surface area contributed by atoms with Gasteiger partial charge in [-0.1, -0.05) is 0 Å². The Balaban J connectivity index is 2.19. The SMILES string of the molecule is O=C1OC2(CCCC2)CC1C(C(=O)O)C(=O)O. The Labute approximate surface area is 97.6 Å². The van der Waals surface area contributed by atoms with Gasteiger partial charge in [0.15, 0.2) is 5.92 Å². The minimum absolute atomic E-state index is 0.217. The van der Waals surface area contributed by atoms with Gasteiger partial charge in [0, 0.05) is 6.42 Å². The van der Waals surface area contributed by atoms with E-state index < -0.39 is 35.3 Å². The average molecular weight is 242 g/mol. The number of carboxylic acid groups (broad SMARTS) is 2. The summed E-state index contributed by atoms with van der Waals surface area (Å²) in [5, 5.41) is 17.7. The van der Waals surface area contributed by atoms with E-state index in [1.54, 1.807) is 0 Å². The van der Waals surface area contributed by atoms with Crippen molar-refractivity contribution in [3.05, 3.63) is 0 Å². The van der Waals surface area contributed by atoms with Crippen molar-refractivity contribution in [2.45, 2.75) is 37.7 Å². The maximum atomic E-state index is 11.6. The normalized spacial score (nSPS) is 26.4. The molecule has 2 fully saturated rings. The van der Waals surface area contributed by atoms with Crippen LogP contribution in [0.4, 0.5) is 0 Å². The first kappa shape index (κ1) is 11.9. The number of carbonyl (C=O) groups is 3. The summed E-state index contributed by atoms with van der Waals surface area (Å²) in [7, 11) is 0. The molecular weight excluding hydrogens is 228 g/mol. The molecule has 1 aliphatic heterocycles. The first-order chi connectivity index (χ1) is 7.95. The van der Waals surface area contributed by atoms with Crippen LogP contribution in [0.25, 0.3) is 0 Å². The summed E-state index contributed by atoms with van der Waals surface area (Å²) < 4.78 is 5.24. The lowest BCUT2D eigenvalue weighted by Crippen LogP contribution is -2.34. The Morgan fingerprint density at radius 2 is 1.76 bits per heavy atom. The van der Waals surface area contributed by atoms with E-state index in [-0.39, 0.29) is 6.42 Å². The van der Waals surface area contributed by atoms with E-state index in [1.165, 1.54) is 0 Å². The summed E-state index contributed by atoms with van der Waals surface area (Å²) >= 11 is 0. The fourth-order valence-electron chi connectivity index (χ4n) is 2.84. The lowest BCUT2D eigenvalue weighted by atomic mass is 9.84. The Morgan fingerprint density at radius 1 is 1.24 bits per heavy atom. The molecule has 2 rings (SSSR count). The fraction of sp³-hybridized carbons (Fsp3) is 0.727. The van der Waals surface area contributed by atoms with E-state index in [0.717, 1.165) is 12.8 Å². The second-order valence-corrected chi connectivity index (χ2v) is 4.78. The van der Waals surface area contributed by atoms with Crippen LogP contribution in [0.2, 0.25) is 0 Å². The van der Waals surface area contributed by atoms with Crippen LogP contribution < -0.4 is 0 Å². The van der Waals surface area contributed by atoms with Gasteiger partial charge in [-0.2, -0.15) is 0 Å². The van der Waals surface area contributed by atoms with Crippen molar-refractivity contribution in [3.63, 3.8) is 0 Å². The second-order valence-electron chi connectivity index (χ2n) is 4.78. The molecule has 1 saturated heterocycles. The van der Waals surface area contributed by atoms with E-state index in [4.69, 9.17) is 14.9 Å². The van der Waals surface area contributed by atoms with Gasteiger partial charge in [0.05, 0.1) is 5.92 Å². The number of esters is 1. The van der Waals surface area contributed by atoms with Crippen LogP contribution in [0.15, 0.2) is 0 Å². The van der Waals surface area contributed by atoms with Crippen LogP contribution >= 0.6 is 0 Å². The number of hydrogen-bond acceptors (Lipinski definition) is 4. The summed E-state index contributed by atoms with van der Waals surface area (Å²) in [6.07, 6.45) is 3.51. The fourth-order valence-corrected chi connectivity index (χ4v) is 2.84. The smallest absolute Gasteiger partial charge is 0.318 e. The monoisotopic (exact) mass is 242 g/mol. The number of carboxylic acids is 2. The number of carbonyl (C=O) groups excluding carboxylic acids is 1. The maximum Gasteiger partial charge on any atom is 0.318 e. The van der Waals surface area contributed by atoms with E-state index in [9.17, 15) is 14.4 Å². The van der Waals surface area contributed by atoms with Crippen molar-refractivity contribution in [1.82, 2.24) is 0 Å². The van der Waals surface area contributed by atoms with Crippen LogP contribution in [-0.2, 0) is 19.1 Å². The third-order valence-corrected chi connectivity index (χ3v) is 3.66. The Hall–Kier alpha value is -1.59. The first-order valence-electron chi connectivity index (χ1n) is 5.64. The summed E-state index contributed by atoms with van der Waals surface area (Å²) in [5.41, 5.74) is -0.592. The number of aliphatic carboxylic acids is 2. The zero-order chi connectivity index (χ0) is 12.6. The number of rotatable bonds is 3. The van der Waals surface area contributed by atoms with E-state index >= 15 is 0 Å². The maximum absolute atomic E-state index is 11.6. The molecule has 1 aliphatic carbocycles. The van der Waals surface area contributed by atoms with Gasteiger partial charge >= 0.3 is 17.9 Å². The zero-order valence-corrected chi connectivity index (χ0v) is 9.22. The summed E-state index contributed by atoms with van der Waals surface area (Å²) in [6.45, 7) is 0. The largest absolute Gasteiger partial charge is 0.481 e. The summed E-state index contributed by atoms with van der Waals surface area (Å²) in [4.78, 5) is 33.4. The van der Waals surface area contributed by atoms with Crippen LogP contribution in [0.1, 0.15) is 32.1 Å². The molecule has 2 aliphatic rings. The molecule has 0 aromatic heterocycles. The highest BCUT2D eigenvalue weighted by Crippen LogP contribution is 2.45. The molecular formula is C11H14O6. The lowest BCUT2D eigenvalue weighted by molar-refractivity contribution is -0.163. The molecule has 2 N–H and O–H groups in total. The van der Waals surface area contributed by atoms with E-state index in [1.807, 2.05) is 0 Å². The topological polar surface area (TPSA) is 101 Å². The molecule has 0 bridgehead atoms. The van der Waals surface area contributed by atoms with Gasteiger partial charge in [0.1, 0.15) is 5.60 Å². The van der Waals surface area contributed by atoms with Crippen molar-refractivity contribution in [1.29, 1.82) is 0 Å². The highest BCUT2D eigenvalue weighted by Gasteiger charge is 2.54. The molecule has 1 saturated carbocycles. The molecule has 6 heteroatoms. The van der Waals surface area contributed by atoms with Gasteiger partial charge < -0.3 is 14.9 Å². The molecule has 1 heterocycles. The minimum Gasteiger partial charge on any atom is -0.481 e. The van der Waals surface area contributed by atoms with Gasteiger partial charge in [-0.3, -0.25) is 14.4 Å². The number of hydrogen-bond donors (Lipinski definition) is 2. The van der Waals surface area contributed by atoms with Crippen LogP contribution in [0.5, 0.6) is 0 Å². The minimum atomic E-state index is -1.69. The molecule has 0 aromatic carbocycles. The summed E-state index contributed by atoms with van der Waals surface area (Å²) in [5.74, 6) is -6.38. The predicted octanol–water partition coefficient (Wildman–Crippen LogP) is 0.648. The Bertz CT molecular complexity index is 354. The average Bonchev–Trinajstić information content (AvgIpc) is 2.75. The third-order valence-electron chi connectivity index (χ3n) is 3.66. The molecule has 0 aromatic rings. The van der Waals surface area contributed by atoms with Gasteiger partial charge in [-0.05, 0) is 25.7 Å². The summed E-state index contributed by atoms with van der Waals surface area (Å²) in [6, 6.07) is 0. The van der Waals surface area contributed by atoms with Crippen LogP contribution in [0.3, 0.4) is 0 Å². The molecule has 1 atom stereocenters. The van der Waals surface area contributed by atoms with Gasteiger partial charge in [0.25, 0.3) is 0 Å². The quantitative estimate of drug-likeness (QED) is 0.556. The van der Waals surface area contributed by atoms with Crippen LogP contribution in [-0.4, -0.2) is 33.7 Å². The van der Waals surface area contributed by atoms with Crippen LogP contribution in [0, 0.1) is 11.8 Å². The van der Waals surface area contributed by atoms with Crippen molar-refractivity contribution in [2.24, 2.45) is 11.8 Å². The van der Waals surface area contributed by atoms with Crippen molar-refractivity contribution < 1.29 is 29.3 Å². The molecule has 17 heavy (non-hydrogen) atoms. The molecule has 1 unspecified atom stereocenters. The highest BCUT2D eigenvalue weighted by molar-refractivity contribution is 5.98. The third kappa shape index (κ3) is 1.99. The molecule has 0 radical (unpaired) electrons. The van der Waals surface area contributed by atoms with Crippen molar-refractivity contribution in [3.8, 4) is 0 Å². The Kier molecular flexibility index (Phi) is 2.81. The van der Waals surface area contributed by atoms with Crippen molar-refractivity contribution >= 4 is 17.9 Å². The van der Waals surface area contributed by atoms with E-state index in [2.05, 4.69) is 0 Å². The van der Waals surface area contributed by atoms with Gasteiger partial charge in [0.2, 0.25) is 0 Å². The zero-order valence-electron chi connectivity index (χ0n) is 9.22. The van der Waals surface area contributed by atoms with E-state index in [0.29, 0.717) is 12.8 Å². The Morgan fingerprint density at radius 3 is 2.24 bits per heavy atom. The number of ether oxygens (including phenoxy) is 1. The van der Waals surface area contributed by atoms with Gasteiger partial charge in [-0.15, -0.1) is 0 Å². The molecule has 6 nitrogen and oxygen atoms in total. The van der Waals surface area contributed by atoms with Crippen molar-refractivity contribution in [2.75, 3.05) is 0 Å². The lowest BCUT2D eigenvalue weighted by Gasteiger charge is -2.20. The predicted molar refractivity (Wildman–Crippen MR) is 54.2 cm³/mol. The molecule has 0 amide bonds. The first-order valence-corrected chi connectivity index (χ1v) is 5.64. The van der Waals surface area contributed by atoms with Gasteiger partial charge in [-0.25, -0.2) is 0 Å². The highest BCUT2D eigenvalue weighted by atomic mass is 16.6. The molecule has 1 spiro atoms.